The van der Waals surface area contributed by atoms with Crippen LogP contribution in [0.25, 0.3) is 0 Å². The number of rotatable bonds is 7. The van der Waals surface area contributed by atoms with Crippen molar-refractivity contribution in [2.24, 2.45) is 5.73 Å². The van der Waals surface area contributed by atoms with Crippen molar-refractivity contribution in [1.29, 1.82) is 0 Å². The molecule has 0 spiro atoms. The number of nitrogens with two attached hydrogens (primary N) is 1. The van der Waals surface area contributed by atoms with Crippen molar-refractivity contribution in [3.8, 4) is 11.5 Å². The zero-order chi connectivity index (χ0) is 13.5. The Labute approximate surface area is 112 Å². The Balaban J connectivity index is 2.99. The number of hydrogen-bond donors (Lipinski definition) is 1. The molecule has 0 aliphatic heterocycles. The lowest BCUT2D eigenvalue weighted by atomic mass is 10.1. The van der Waals surface area contributed by atoms with Crippen LogP contribution in [0.5, 0.6) is 11.5 Å². The lowest BCUT2D eigenvalue weighted by molar-refractivity contribution is 0.271. The number of alkyl halides is 1. The summed E-state index contributed by atoms with van der Waals surface area (Å²) < 4.78 is 22.9. The van der Waals surface area contributed by atoms with Crippen molar-refractivity contribution in [2.75, 3.05) is 20.4 Å². The summed E-state index contributed by atoms with van der Waals surface area (Å²) >= 11 is 6.01. The second-order valence-corrected chi connectivity index (χ2v) is 4.61. The molecule has 0 aliphatic rings. The molecule has 2 N–H and O–H groups in total. The first kappa shape index (κ1) is 15.1. The lowest BCUT2D eigenvalue weighted by Gasteiger charge is -2.16. The van der Waals surface area contributed by atoms with E-state index in [2.05, 4.69) is 0 Å². The Bertz CT molecular complexity index is 385. The summed E-state index contributed by atoms with van der Waals surface area (Å²) in [6, 6.07) is 3.46. The normalized spacial score (nSPS) is 12.3. The quantitative estimate of drug-likeness (QED) is 0.778. The fraction of sp³-hybridized carbons (Fsp3) is 0.538. The Hall–Kier alpha value is -1.00. The van der Waals surface area contributed by atoms with Crippen LogP contribution in [0.15, 0.2) is 12.1 Å². The zero-order valence-electron chi connectivity index (χ0n) is 10.7. The SMILES string of the molecule is COc1cc(Cl)cc(CC(C)N)c1OCCCF. The van der Waals surface area contributed by atoms with E-state index in [4.69, 9.17) is 26.8 Å². The zero-order valence-corrected chi connectivity index (χ0v) is 11.5. The van der Waals surface area contributed by atoms with Crippen LogP contribution >= 0.6 is 11.6 Å². The van der Waals surface area contributed by atoms with Crippen molar-refractivity contribution < 1.29 is 13.9 Å². The minimum Gasteiger partial charge on any atom is -0.493 e. The summed E-state index contributed by atoms with van der Waals surface area (Å²) in [4.78, 5) is 0. The summed E-state index contributed by atoms with van der Waals surface area (Å²) in [6.07, 6.45) is 0.977. The van der Waals surface area contributed by atoms with E-state index in [1.807, 2.05) is 6.92 Å². The Morgan fingerprint density at radius 3 is 2.72 bits per heavy atom. The van der Waals surface area contributed by atoms with E-state index in [0.29, 0.717) is 36.0 Å². The van der Waals surface area contributed by atoms with Crippen molar-refractivity contribution in [3.05, 3.63) is 22.7 Å². The molecule has 0 saturated carbocycles. The van der Waals surface area contributed by atoms with Gasteiger partial charge in [0.05, 0.1) is 20.4 Å². The molecule has 0 amide bonds. The van der Waals surface area contributed by atoms with Crippen LogP contribution in [-0.2, 0) is 6.42 Å². The molecule has 1 aromatic carbocycles. The van der Waals surface area contributed by atoms with Gasteiger partial charge in [-0.15, -0.1) is 0 Å². The van der Waals surface area contributed by atoms with Crippen LogP contribution < -0.4 is 15.2 Å². The van der Waals surface area contributed by atoms with Gasteiger partial charge in [0.2, 0.25) is 0 Å². The molecule has 0 fully saturated rings. The van der Waals surface area contributed by atoms with Crippen LogP contribution in [0.4, 0.5) is 4.39 Å². The van der Waals surface area contributed by atoms with E-state index in [-0.39, 0.29) is 6.04 Å². The van der Waals surface area contributed by atoms with Gasteiger partial charge in [0, 0.05) is 29.1 Å². The Morgan fingerprint density at radius 1 is 1.44 bits per heavy atom. The largest absolute Gasteiger partial charge is 0.493 e. The number of methoxy groups -OCH3 is 1. The second-order valence-electron chi connectivity index (χ2n) is 4.17. The minimum atomic E-state index is -0.404. The molecule has 5 heteroatoms. The van der Waals surface area contributed by atoms with Gasteiger partial charge in [-0.3, -0.25) is 4.39 Å². The average Bonchev–Trinajstić information content (AvgIpc) is 2.30. The molecule has 102 valence electrons. The summed E-state index contributed by atoms with van der Waals surface area (Å²) in [5.41, 5.74) is 6.67. The van der Waals surface area contributed by atoms with Gasteiger partial charge in [0.15, 0.2) is 11.5 Å². The van der Waals surface area contributed by atoms with E-state index < -0.39 is 6.67 Å². The maximum Gasteiger partial charge on any atom is 0.164 e. The van der Waals surface area contributed by atoms with Crippen molar-refractivity contribution in [2.45, 2.75) is 25.8 Å². The first-order chi connectivity index (χ1) is 8.58. The minimum absolute atomic E-state index is 0.0169. The lowest BCUT2D eigenvalue weighted by Crippen LogP contribution is -2.18. The van der Waals surface area contributed by atoms with Gasteiger partial charge in [-0.05, 0) is 19.4 Å². The Morgan fingerprint density at radius 2 is 2.17 bits per heavy atom. The Kier molecular flexibility index (Phi) is 6.22. The fourth-order valence-electron chi connectivity index (χ4n) is 1.67. The van der Waals surface area contributed by atoms with Crippen LogP contribution in [0.3, 0.4) is 0 Å². The molecule has 0 bridgehead atoms. The number of hydrogen-bond acceptors (Lipinski definition) is 3. The predicted molar refractivity (Wildman–Crippen MR) is 71.4 cm³/mol. The van der Waals surface area contributed by atoms with Crippen LogP contribution in [-0.4, -0.2) is 26.4 Å². The van der Waals surface area contributed by atoms with E-state index in [1.54, 1.807) is 19.2 Å². The third-order valence-electron chi connectivity index (χ3n) is 2.38. The first-order valence-electron chi connectivity index (χ1n) is 5.89. The van der Waals surface area contributed by atoms with Gasteiger partial charge < -0.3 is 15.2 Å². The molecular weight excluding hydrogens is 257 g/mol. The van der Waals surface area contributed by atoms with Crippen molar-refractivity contribution in [1.82, 2.24) is 0 Å². The third kappa shape index (κ3) is 4.35. The van der Waals surface area contributed by atoms with Crippen LogP contribution in [0, 0.1) is 0 Å². The highest BCUT2D eigenvalue weighted by Crippen LogP contribution is 2.35. The molecular formula is C13H19ClFNO2. The van der Waals surface area contributed by atoms with E-state index >= 15 is 0 Å². The molecule has 0 heterocycles. The highest BCUT2D eigenvalue weighted by Gasteiger charge is 2.14. The van der Waals surface area contributed by atoms with Gasteiger partial charge >= 0.3 is 0 Å². The van der Waals surface area contributed by atoms with Crippen molar-refractivity contribution in [3.63, 3.8) is 0 Å². The maximum atomic E-state index is 12.1. The molecule has 0 aromatic heterocycles. The summed E-state index contributed by atoms with van der Waals surface area (Å²) in [5.74, 6) is 1.16. The molecule has 0 saturated heterocycles. The van der Waals surface area contributed by atoms with E-state index in [1.165, 1.54) is 0 Å². The van der Waals surface area contributed by atoms with Crippen LogP contribution in [0.2, 0.25) is 5.02 Å². The number of ether oxygens (including phenoxy) is 2. The van der Waals surface area contributed by atoms with E-state index in [0.717, 1.165) is 5.56 Å². The molecule has 18 heavy (non-hydrogen) atoms. The standard InChI is InChI=1S/C13H19ClFNO2/c1-9(16)6-10-7-11(14)8-12(17-2)13(10)18-5-3-4-15/h7-9H,3-6,16H2,1-2H3. The summed E-state index contributed by atoms with van der Waals surface area (Å²) in [6.45, 7) is 1.80. The summed E-state index contributed by atoms with van der Waals surface area (Å²) in [5, 5.41) is 0.570. The maximum absolute atomic E-state index is 12.1. The number of benzene rings is 1. The van der Waals surface area contributed by atoms with Crippen molar-refractivity contribution >= 4 is 11.6 Å². The smallest absolute Gasteiger partial charge is 0.164 e. The average molecular weight is 276 g/mol. The van der Waals surface area contributed by atoms with Gasteiger partial charge in [-0.1, -0.05) is 11.6 Å². The number of halogens is 2. The predicted octanol–water partition coefficient (Wildman–Crippen LogP) is 2.98. The highest BCUT2D eigenvalue weighted by molar-refractivity contribution is 6.30. The fourth-order valence-corrected chi connectivity index (χ4v) is 1.90. The third-order valence-corrected chi connectivity index (χ3v) is 2.60. The second kappa shape index (κ2) is 7.44. The first-order valence-corrected chi connectivity index (χ1v) is 6.27. The van der Waals surface area contributed by atoms with Gasteiger partial charge in [0.1, 0.15) is 0 Å². The van der Waals surface area contributed by atoms with Crippen LogP contribution in [0.1, 0.15) is 18.9 Å². The molecule has 0 radical (unpaired) electrons. The van der Waals surface area contributed by atoms with Gasteiger partial charge in [-0.25, -0.2) is 0 Å². The molecule has 0 aliphatic carbocycles. The molecule has 1 aromatic rings. The van der Waals surface area contributed by atoms with Gasteiger partial charge in [0.25, 0.3) is 0 Å². The van der Waals surface area contributed by atoms with Gasteiger partial charge in [-0.2, -0.15) is 0 Å². The molecule has 1 atom stereocenters. The molecule has 1 rings (SSSR count). The summed E-state index contributed by atoms with van der Waals surface area (Å²) in [7, 11) is 1.54. The monoisotopic (exact) mass is 275 g/mol. The topological polar surface area (TPSA) is 44.5 Å². The van der Waals surface area contributed by atoms with E-state index in [9.17, 15) is 4.39 Å². The highest BCUT2D eigenvalue weighted by atomic mass is 35.5. The molecule has 3 nitrogen and oxygen atoms in total. The molecule has 1 unspecified atom stereocenters.